The van der Waals surface area contributed by atoms with Crippen molar-refractivity contribution in [2.75, 3.05) is 32.6 Å². The average Bonchev–Trinajstić information content (AvgIpc) is 2.55. The molecule has 0 aliphatic rings. The maximum absolute atomic E-state index is 12.3. The van der Waals surface area contributed by atoms with Crippen LogP contribution in [0.1, 0.15) is 23.0 Å². The molecule has 2 rings (SSSR count). The molecule has 1 aromatic carbocycles. The van der Waals surface area contributed by atoms with Gasteiger partial charge < -0.3 is 20.5 Å². The second-order valence-corrected chi connectivity index (χ2v) is 5.12. The number of nitrogens with zero attached hydrogens (tertiary/aromatic N) is 2. The average molecular weight is 330 g/mol. The number of hydrogen-bond donors (Lipinski definition) is 2. The Bertz CT molecular complexity index is 702. The number of benzene rings is 1. The summed E-state index contributed by atoms with van der Waals surface area (Å²) in [6, 6.07) is 7.32. The van der Waals surface area contributed by atoms with E-state index in [1.54, 1.807) is 14.0 Å². The maximum Gasteiger partial charge on any atom is 0.255 e. The van der Waals surface area contributed by atoms with Crippen LogP contribution >= 0.6 is 0 Å². The molecule has 7 nitrogen and oxygen atoms in total. The van der Waals surface area contributed by atoms with E-state index in [-0.39, 0.29) is 11.9 Å². The SMILES string of the molecule is CCNC(=O)c1c(C)nc(N)nc1-c1ccc(OCCOC)cc1. The Morgan fingerprint density at radius 2 is 1.92 bits per heavy atom. The molecule has 0 saturated heterocycles. The predicted octanol–water partition coefficient (Wildman–Crippen LogP) is 1.81. The van der Waals surface area contributed by atoms with Crippen molar-refractivity contribution in [1.29, 1.82) is 0 Å². The minimum Gasteiger partial charge on any atom is -0.491 e. The van der Waals surface area contributed by atoms with E-state index in [0.717, 1.165) is 5.56 Å². The first kappa shape index (κ1) is 17.7. The summed E-state index contributed by atoms with van der Waals surface area (Å²) in [5.41, 5.74) is 8.01. The molecular weight excluding hydrogens is 308 g/mol. The van der Waals surface area contributed by atoms with Gasteiger partial charge in [0.25, 0.3) is 5.91 Å². The third kappa shape index (κ3) is 4.20. The van der Waals surface area contributed by atoms with Gasteiger partial charge in [0.1, 0.15) is 12.4 Å². The first-order valence-electron chi connectivity index (χ1n) is 7.71. The van der Waals surface area contributed by atoms with Gasteiger partial charge in [-0.25, -0.2) is 9.97 Å². The lowest BCUT2D eigenvalue weighted by atomic mass is 10.0. The lowest BCUT2D eigenvalue weighted by molar-refractivity contribution is 0.0955. The number of amides is 1. The molecule has 1 amide bonds. The first-order valence-corrected chi connectivity index (χ1v) is 7.71. The van der Waals surface area contributed by atoms with Crippen molar-refractivity contribution in [3.63, 3.8) is 0 Å². The number of carbonyl (C=O) groups is 1. The number of methoxy groups -OCH3 is 1. The molecule has 0 saturated carbocycles. The van der Waals surface area contributed by atoms with Crippen LogP contribution in [0.2, 0.25) is 0 Å². The summed E-state index contributed by atoms with van der Waals surface area (Å²) in [5, 5.41) is 2.78. The molecule has 0 aliphatic heterocycles. The molecule has 0 spiro atoms. The van der Waals surface area contributed by atoms with E-state index >= 15 is 0 Å². The fourth-order valence-corrected chi connectivity index (χ4v) is 2.28. The summed E-state index contributed by atoms with van der Waals surface area (Å²) in [7, 11) is 1.62. The van der Waals surface area contributed by atoms with Crippen LogP contribution in [0.4, 0.5) is 5.95 Å². The Hall–Kier alpha value is -2.67. The number of aryl methyl sites for hydroxylation is 1. The van der Waals surface area contributed by atoms with Crippen LogP contribution < -0.4 is 15.8 Å². The van der Waals surface area contributed by atoms with Crippen molar-refractivity contribution in [2.45, 2.75) is 13.8 Å². The van der Waals surface area contributed by atoms with Gasteiger partial charge in [0.15, 0.2) is 0 Å². The lowest BCUT2D eigenvalue weighted by Crippen LogP contribution is -2.25. The number of nitrogens with two attached hydrogens (primary N) is 1. The fraction of sp³-hybridized carbons (Fsp3) is 0.353. The highest BCUT2D eigenvalue weighted by molar-refractivity contribution is 6.01. The second-order valence-electron chi connectivity index (χ2n) is 5.12. The number of ether oxygens (including phenoxy) is 2. The number of hydrogen-bond acceptors (Lipinski definition) is 6. The van der Waals surface area contributed by atoms with Crippen molar-refractivity contribution >= 4 is 11.9 Å². The van der Waals surface area contributed by atoms with Gasteiger partial charge in [0.2, 0.25) is 5.95 Å². The summed E-state index contributed by atoms with van der Waals surface area (Å²) >= 11 is 0. The van der Waals surface area contributed by atoms with Crippen LogP contribution in [-0.2, 0) is 4.74 Å². The van der Waals surface area contributed by atoms with Gasteiger partial charge in [0.05, 0.1) is 23.6 Å². The van der Waals surface area contributed by atoms with E-state index in [1.807, 2.05) is 31.2 Å². The zero-order valence-corrected chi connectivity index (χ0v) is 14.1. The molecule has 0 unspecified atom stereocenters. The Labute approximate surface area is 141 Å². The van der Waals surface area contributed by atoms with E-state index < -0.39 is 0 Å². The standard InChI is InChI=1S/C17H22N4O3/c1-4-19-16(22)14-11(2)20-17(18)21-15(14)12-5-7-13(8-6-12)24-10-9-23-3/h5-8H,4,9-10H2,1-3H3,(H,19,22)(H2,18,20,21). The van der Waals surface area contributed by atoms with Crippen molar-refractivity contribution in [3.05, 3.63) is 35.5 Å². The Morgan fingerprint density at radius 1 is 1.21 bits per heavy atom. The summed E-state index contributed by atoms with van der Waals surface area (Å²) in [6.45, 7) is 5.12. The fourth-order valence-electron chi connectivity index (χ4n) is 2.28. The van der Waals surface area contributed by atoms with Gasteiger partial charge in [-0.2, -0.15) is 0 Å². The van der Waals surface area contributed by atoms with Crippen molar-refractivity contribution in [2.24, 2.45) is 0 Å². The molecule has 7 heteroatoms. The molecule has 24 heavy (non-hydrogen) atoms. The van der Waals surface area contributed by atoms with Crippen LogP contribution in [0.25, 0.3) is 11.3 Å². The molecule has 128 valence electrons. The molecule has 1 heterocycles. The van der Waals surface area contributed by atoms with Gasteiger partial charge >= 0.3 is 0 Å². The van der Waals surface area contributed by atoms with Crippen LogP contribution in [-0.4, -0.2) is 42.7 Å². The minimum atomic E-state index is -0.217. The predicted molar refractivity (Wildman–Crippen MR) is 92.0 cm³/mol. The van der Waals surface area contributed by atoms with E-state index in [0.29, 0.717) is 42.5 Å². The number of aromatic nitrogens is 2. The number of rotatable bonds is 7. The molecule has 0 radical (unpaired) electrons. The van der Waals surface area contributed by atoms with Crippen LogP contribution in [0.15, 0.2) is 24.3 Å². The molecule has 0 aliphatic carbocycles. The zero-order valence-electron chi connectivity index (χ0n) is 14.1. The summed E-state index contributed by atoms with van der Waals surface area (Å²) < 4.78 is 10.5. The molecule has 1 aromatic heterocycles. The minimum absolute atomic E-state index is 0.135. The molecule has 0 atom stereocenters. The maximum atomic E-state index is 12.3. The molecular formula is C17H22N4O3. The normalized spacial score (nSPS) is 10.5. The van der Waals surface area contributed by atoms with Gasteiger partial charge in [0, 0.05) is 19.2 Å². The van der Waals surface area contributed by atoms with E-state index in [4.69, 9.17) is 15.2 Å². The largest absolute Gasteiger partial charge is 0.491 e. The number of nitrogens with one attached hydrogen (secondary N) is 1. The highest BCUT2D eigenvalue weighted by atomic mass is 16.5. The summed E-state index contributed by atoms with van der Waals surface area (Å²) in [5.74, 6) is 0.635. The highest BCUT2D eigenvalue weighted by Gasteiger charge is 2.19. The smallest absolute Gasteiger partial charge is 0.255 e. The topological polar surface area (TPSA) is 99.4 Å². The summed E-state index contributed by atoms with van der Waals surface area (Å²) in [4.78, 5) is 20.7. The lowest BCUT2D eigenvalue weighted by Gasteiger charge is -2.12. The van der Waals surface area contributed by atoms with E-state index in [9.17, 15) is 4.79 Å². The number of anilines is 1. The number of carbonyl (C=O) groups excluding carboxylic acids is 1. The summed E-state index contributed by atoms with van der Waals surface area (Å²) in [6.07, 6.45) is 0. The van der Waals surface area contributed by atoms with Crippen molar-refractivity contribution < 1.29 is 14.3 Å². The van der Waals surface area contributed by atoms with Gasteiger partial charge in [-0.15, -0.1) is 0 Å². The van der Waals surface area contributed by atoms with E-state index in [2.05, 4.69) is 15.3 Å². The van der Waals surface area contributed by atoms with E-state index in [1.165, 1.54) is 0 Å². The van der Waals surface area contributed by atoms with Gasteiger partial charge in [-0.1, -0.05) is 0 Å². The highest BCUT2D eigenvalue weighted by Crippen LogP contribution is 2.26. The zero-order chi connectivity index (χ0) is 17.5. The Balaban J connectivity index is 2.35. The van der Waals surface area contributed by atoms with Crippen LogP contribution in [0.3, 0.4) is 0 Å². The number of nitrogen functional groups attached to an aromatic ring is 1. The molecule has 0 bridgehead atoms. The quantitative estimate of drug-likeness (QED) is 0.751. The monoisotopic (exact) mass is 330 g/mol. The molecule has 2 aromatic rings. The Kier molecular flexibility index (Phi) is 6.08. The van der Waals surface area contributed by atoms with Crippen molar-refractivity contribution in [3.8, 4) is 17.0 Å². The Morgan fingerprint density at radius 3 is 2.54 bits per heavy atom. The van der Waals surface area contributed by atoms with Gasteiger partial charge in [-0.05, 0) is 38.1 Å². The third-order valence-electron chi connectivity index (χ3n) is 3.36. The molecule has 0 fully saturated rings. The third-order valence-corrected chi connectivity index (χ3v) is 3.36. The van der Waals surface area contributed by atoms with Crippen LogP contribution in [0.5, 0.6) is 5.75 Å². The van der Waals surface area contributed by atoms with Crippen molar-refractivity contribution in [1.82, 2.24) is 15.3 Å². The second kappa shape index (κ2) is 8.26. The van der Waals surface area contributed by atoms with Crippen LogP contribution in [0, 0.1) is 6.92 Å². The first-order chi connectivity index (χ1) is 11.6. The molecule has 3 N–H and O–H groups in total. The van der Waals surface area contributed by atoms with Gasteiger partial charge in [-0.3, -0.25) is 4.79 Å².